The second kappa shape index (κ2) is 12.7. The number of nitriles is 1. The number of hydrogen-bond acceptors (Lipinski definition) is 9. The van der Waals surface area contributed by atoms with E-state index in [1.54, 1.807) is 18.3 Å². The SMILES string of the molecule is Cl.N#Cc1c(NS(=O)(=O)N2CC[C@@H](F)C2)ccc(F)c1Oc1ccc2ncn(-c3ccc(N4CCNCC4)nc3)c(=O)c2c1. The minimum Gasteiger partial charge on any atom is -0.453 e. The monoisotopic (exact) mass is 644 g/mol. The van der Waals surface area contributed by atoms with Gasteiger partial charge in [0.2, 0.25) is 0 Å². The van der Waals surface area contributed by atoms with Gasteiger partial charge < -0.3 is 15.0 Å². The van der Waals surface area contributed by atoms with E-state index in [0.29, 0.717) is 11.2 Å². The maximum Gasteiger partial charge on any atom is 0.301 e. The van der Waals surface area contributed by atoms with Gasteiger partial charge in [0.15, 0.2) is 11.6 Å². The summed E-state index contributed by atoms with van der Waals surface area (Å²) < 4.78 is 64.2. The van der Waals surface area contributed by atoms with Gasteiger partial charge in [-0.15, -0.1) is 12.4 Å². The third kappa shape index (κ3) is 6.15. The lowest BCUT2D eigenvalue weighted by Gasteiger charge is -2.28. The number of pyridine rings is 1. The second-order valence-electron chi connectivity index (χ2n) is 10.1. The third-order valence-electron chi connectivity index (χ3n) is 7.29. The summed E-state index contributed by atoms with van der Waals surface area (Å²) in [6.45, 7) is 3.03. The molecule has 16 heteroatoms. The van der Waals surface area contributed by atoms with Gasteiger partial charge in [-0.2, -0.15) is 18.0 Å². The van der Waals surface area contributed by atoms with E-state index in [1.165, 1.54) is 29.1 Å². The van der Waals surface area contributed by atoms with Crippen LogP contribution in [0.4, 0.5) is 20.3 Å². The summed E-state index contributed by atoms with van der Waals surface area (Å²) in [4.78, 5) is 24.5. The highest BCUT2D eigenvalue weighted by molar-refractivity contribution is 7.90. The van der Waals surface area contributed by atoms with Crippen LogP contribution in [0.5, 0.6) is 11.5 Å². The molecule has 4 aromatic rings. The Kier molecular flexibility index (Phi) is 8.97. The number of halogens is 3. The fourth-order valence-corrected chi connectivity index (χ4v) is 6.31. The van der Waals surface area contributed by atoms with Crippen LogP contribution < -0.4 is 25.2 Å². The van der Waals surface area contributed by atoms with Gasteiger partial charge in [0.05, 0.1) is 28.5 Å². The van der Waals surface area contributed by atoms with Crippen molar-refractivity contribution < 1.29 is 21.9 Å². The fraction of sp³-hybridized carbons (Fsp3) is 0.286. The summed E-state index contributed by atoms with van der Waals surface area (Å²) in [6, 6.07) is 11.8. The summed E-state index contributed by atoms with van der Waals surface area (Å²) >= 11 is 0. The Hall–Kier alpha value is -4.36. The molecule has 2 aliphatic rings. The zero-order valence-corrected chi connectivity index (χ0v) is 24.7. The van der Waals surface area contributed by atoms with Crippen molar-refractivity contribution in [3.8, 4) is 23.3 Å². The first-order chi connectivity index (χ1) is 20.7. The third-order valence-corrected chi connectivity index (χ3v) is 8.78. The molecular weight excluding hydrogens is 618 g/mol. The van der Waals surface area contributed by atoms with Crippen molar-refractivity contribution >= 4 is 45.0 Å². The predicted molar refractivity (Wildman–Crippen MR) is 162 cm³/mol. The maximum absolute atomic E-state index is 14.9. The van der Waals surface area contributed by atoms with Gasteiger partial charge in [-0.1, -0.05) is 0 Å². The van der Waals surface area contributed by atoms with Crippen LogP contribution >= 0.6 is 12.4 Å². The van der Waals surface area contributed by atoms with Crippen molar-refractivity contribution in [3.05, 3.63) is 76.7 Å². The van der Waals surface area contributed by atoms with Gasteiger partial charge in [0.1, 0.15) is 35.7 Å². The molecule has 0 bridgehead atoms. The minimum absolute atomic E-state index is 0. The molecule has 2 aromatic carbocycles. The van der Waals surface area contributed by atoms with Crippen molar-refractivity contribution in [3.63, 3.8) is 0 Å². The van der Waals surface area contributed by atoms with E-state index in [2.05, 4.69) is 24.9 Å². The van der Waals surface area contributed by atoms with Gasteiger partial charge >= 0.3 is 10.2 Å². The molecule has 0 spiro atoms. The lowest BCUT2D eigenvalue weighted by Crippen LogP contribution is -2.43. The molecule has 0 unspecified atom stereocenters. The average Bonchev–Trinajstić information content (AvgIpc) is 3.47. The number of alkyl halides is 1. The molecule has 6 rings (SSSR count). The standard InChI is InChI=1S/C28H26F2N8O4S.ClH/c29-18-7-10-37(16-18)43(40,41)35-25-5-3-23(30)27(22(25)14-31)42-20-2-4-24-21(13-20)28(39)38(17-34-24)19-1-6-26(33-15-19)36-11-8-32-9-12-36;/h1-6,13,15,17-18,32,35H,7-12,16H2;1H/t18-;/m1./s1. The van der Waals surface area contributed by atoms with Gasteiger partial charge in [0, 0.05) is 39.3 Å². The average molecular weight is 645 g/mol. The van der Waals surface area contributed by atoms with E-state index in [0.717, 1.165) is 48.4 Å². The summed E-state index contributed by atoms with van der Waals surface area (Å²) in [5.41, 5.74) is -0.217. The molecule has 2 aromatic heterocycles. The highest BCUT2D eigenvalue weighted by Gasteiger charge is 2.32. The molecule has 0 amide bonds. The number of aromatic nitrogens is 3. The first-order valence-corrected chi connectivity index (χ1v) is 14.9. The molecule has 230 valence electrons. The van der Waals surface area contributed by atoms with E-state index < -0.39 is 39.1 Å². The number of fused-ring (bicyclic) bond motifs is 1. The lowest BCUT2D eigenvalue weighted by atomic mass is 10.1. The van der Waals surface area contributed by atoms with Crippen molar-refractivity contribution in [1.82, 2.24) is 24.2 Å². The first-order valence-electron chi connectivity index (χ1n) is 13.5. The predicted octanol–water partition coefficient (Wildman–Crippen LogP) is 3.12. The van der Waals surface area contributed by atoms with Crippen LogP contribution in [-0.4, -0.2) is 72.7 Å². The maximum atomic E-state index is 14.9. The van der Waals surface area contributed by atoms with E-state index in [1.807, 2.05) is 6.07 Å². The van der Waals surface area contributed by atoms with Gasteiger partial charge in [-0.3, -0.25) is 14.1 Å². The summed E-state index contributed by atoms with van der Waals surface area (Å²) in [7, 11) is -4.20. The molecular formula is C28H27ClF2N8O4S. The van der Waals surface area contributed by atoms with Gasteiger partial charge in [-0.25, -0.2) is 18.7 Å². The summed E-state index contributed by atoms with van der Waals surface area (Å²) in [5.74, 6) is -0.645. The Labute approximate surface area is 257 Å². The number of nitrogens with one attached hydrogen (secondary N) is 2. The highest BCUT2D eigenvalue weighted by Crippen LogP contribution is 2.34. The number of piperazine rings is 1. The van der Waals surface area contributed by atoms with Gasteiger partial charge in [-0.05, 0) is 48.9 Å². The molecule has 0 aliphatic carbocycles. The fourth-order valence-electron chi connectivity index (χ4n) is 5.03. The van der Waals surface area contributed by atoms with Crippen molar-refractivity contribution in [2.24, 2.45) is 0 Å². The van der Waals surface area contributed by atoms with Crippen LogP contribution in [0.3, 0.4) is 0 Å². The van der Waals surface area contributed by atoms with Crippen LogP contribution in [0.25, 0.3) is 16.6 Å². The quantitative estimate of drug-likeness (QED) is 0.310. The molecule has 44 heavy (non-hydrogen) atoms. The van der Waals surface area contributed by atoms with Crippen LogP contribution in [0.1, 0.15) is 12.0 Å². The second-order valence-corrected chi connectivity index (χ2v) is 11.7. The Morgan fingerprint density at radius 1 is 1.09 bits per heavy atom. The molecule has 4 heterocycles. The van der Waals surface area contributed by atoms with E-state index >= 15 is 0 Å². The zero-order valence-electron chi connectivity index (χ0n) is 23.1. The Morgan fingerprint density at radius 2 is 1.89 bits per heavy atom. The largest absolute Gasteiger partial charge is 0.453 e. The molecule has 2 aliphatic heterocycles. The normalized spacial score (nSPS) is 17.2. The molecule has 2 N–H and O–H groups in total. The number of rotatable bonds is 7. The molecule has 0 radical (unpaired) electrons. The van der Waals surface area contributed by atoms with Crippen LogP contribution in [0.2, 0.25) is 0 Å². The van der Waals surface area contributed by atoms with Crippen molar-refractivity contribution in [2.45, 2.75) is 12.6 Å². The van der Waals surface area contributed by atoms with E-state index in [4.69, 9.17) is 4.74 Å². The minimum atomic E-state index is -4.20. The Bertz CT molecular complexity index is 1900. The number of benzene rings is 2. The van der Waals surface area contributed by atoms with E-state index in [9.17, 15) is 27.3 Å². The Morgan fingerprint density at radius 3 is 2.57 bits per heavy atom. The molecule has 1 atom stereocenters. The topological polar surface area (TPSA) is 145 Å². The number of anilines is 2. The van der Waals surface area contributed by atoms with Gasteiger partial charge in [0.25, 0.3) is 5.56 Å². The smallest absolute Gasteiger partial charge is 0.301 e. The van der Waals surface area contributed by atoms with Crippen LogP contribution in [0, 0.1) is 17.1 Å². The number of ether oxygens (including phenoxy) is 1. The molecule has 12 nitrogen and oxygen atoms in total. The lowest BCUT2D eigenvalue weighted by molar-refractivity contribution is 0.343. The molecule has 2 saturated heterocycles. The Balaban J connectivity index is 0.00000384. The zero-order chi connectivity index (χ0) is 30.1. The number of hydrogen-bond donors (Lipinski definition) is 2. The molecule has 0 saturated carbocycles. The number of nitrogens with zero attached hydrogens (tertiary/aromatic N) is 6. The van der Waals surface area contributed by atoms with Crippen LogP contribution in [0.15, 0.2) is 59.8 Å². The van der Waals surface area contributed by atoms with Crippen molar-refractivity contribution in [2.75, 3.05) is 48.9 Å². The first kappa shape index (κ1) is 31.1. The van der Waals surface area contributed by atoms with E-state index in [-0.39, 0.29) is 48.7 Å². The summed E-state index contributed by atoms with van der Waals surface area (Å²) in [6.07, 6.45) is 1.74. The van der Waals surface area contributed by atoms with Crippen LogP contribution in [-0.2, 0) is 10.2 Å². The van der Waals surface area contributed by atoms with Crippen molar-refractivity contribution in [1.29, 1.82) is 5.26 Å². The summed E-state index contributed by atoms with van der Waals surface area (Å²) in [5, 5.41) is 13.3. The highest BCUT2D eigenvalue weighted by atomic mass is 35.5. The molecule has 2 fully saturated rings.